The second kappa shape index (κ2) is 10.4. The van der Waals surface area contributed by atoms with Crippen LogP contribution >= 0.6 is 59.0 Å². The molecule has 2 aromatic rings. The molecule has 0 unspecified atom stereocenters. The van der Waals surface area contributed by atoms with E-state index in [1.54, 1.807) is 11.8 Å². The number of fused-ring (bicyclic) bond motifs is 2. The third-order valence-corrected chi connectivity index (χ3v) is 7.92. The fourth-order valence-corrected chi connectivity index (χ4v) is 7.03. The van der Waals surface area contributed by atoms with Crippen LogP contribution in [-0.4, -0.2) is 36.2 Å². The van der Waals surface area contributed by atoms with Crippen LogP contribution in [0.15, 0.2) is 55.1 Å². The van der Waals surface area contributed by atoms with Crippen LogP contribution in [0.2, 0.25) is 0 Å². The van der Waals surface area contributed by atoms with Gasteiger partial charge in [0.25, 0.3) is 0 Å². The minimum absolute atomic E-state index is 0.178. The van der Waals surface area contributed by atoms with E-state index in [1.165, 1.54) is 0 Å². The lowest BCUT2D eigenvalue weighted by atomic mass is 9.91. The summed E-state index contributed by atoms with van der Waals surface area (Å²) in [6, 6.07) is 12.1. The molecule has 1 aliphatic heterocycles. The van der Waals surface area contributed by atoms with Crippen molar-refractivity contribution in [2.45, 2.75) is 42.0 Å². The van der Waals surface area contributed by atoms with Gasteiger partial charge in [0.2, 0.25) is 0 Å². The van der Waals surface area contributed by atoms with E-state index in [1.807, 2.05) is 38.1 Å². The molecule has 0 saturated heterocycles. The van der Waals surface area contributed by atoms with Gasteiger partial charge in [-0.1, -0.05) is 57.5 Å². The van der Waals surface area contributed by atoms with E-state index < -0.39 is 21.0 Å². The Hall–Kier alpha value is -0.190. The molecule has 0 radical (unpaired) electrons. The molecule has 0 fully saturated rings. The van der Waals surface area contributed by atoms with E-state index >= 15 is 0 Å². The molecule has 5 N–H and O–H groups in total. The van der Waals surface area contributed by atoms with Gasteiger partial charge in [-0.2, -0.15) is 0 Å². The van der Waals surface area contributed by atoms with E-state index in [0.717, 1.165) is 30.1 Å². The Bertz CT molecular complexity index is 980. The standard InChI is InChI=1S/C18H20Br2NO3PS.H3O4P/c1-3-18(4-2,11-25(22,23)24)21-14-7-5-12(19)9-16(14)26-17-10-13(20)6-8-15(17)21;1-5(2,3)4/h5-10H,3-4,11H2,1-2H3,(H2,22,23,24);(H3,1,2,3,4). The zero-order chi connectivity index (χ0) is 23.6. The van der Waals surface area contributed by atoms with Crippen molar-refractivity contribution in [1.29, 1.82) is 0 Å². The molecule has 0 saturated carbocycles. The van der Waals surface area contributed by atoms with Crippen LogP contribution < -0.4 is 4.90 Å². The molecule has 0 aliphatic carbocycles. The first-order valence-electron chi connectivity index (χ1n) is 9.09. The van der Waals surface area contributed by atoms with Crippen molar-refractivity contribution >= 4 is 70.4 Å². The summed E-state index contributed by atoms with van der Waals surface area (Å²) in [6.07, 6.45) is 1.08. The van der Waals surface area contributed by atoms with Crippen molar-refractivity contribution in [3.63, 3.8) is 0 Å². The van der Waals surface area contributed by atoms with Crippen molar-refractivity contribution in [3.05, 3.63) is 45.3 Å². The number of benzene rings is 2. The van der Waals surface area contributed by atoms with E-state index in [4.69, 9.17) is 19.2 Å². The van der Waals surface area contributed by atoms with Crippen LogP contribution in [0.25, 0.3) is 0 Å². The highest BCUT2D eigenvalue weighted by atomic mass is 79.9. The molecule has 0 spiro atoms. The lowest BCUT2D eigenvalue weighted by molar-refractivity contribution is 0.275. The van der Waals surface area contributed by atoms with Crippen LogP contribution in [0.1, 0.15) is 26.7 Å². The summed E-state index contributed by atoms with van der Waals surface area (Å²) in [5, 5.41) is 0. The molecule has 1 heterocycles. The van der Waals surface area contributed by atoms with Crippen molar-refractivity contribution in [1.82, 2.24) is 0 Å². The molecule has 31 heavy (non-hydrogen) atoms. The number of nitrogens with zero attached hydrogens (tertiary/aromatic N) is 1. The van der Waals surface area contributed by atoms with Gasteiger partial charge >= 0.3 is 15.4 Å². The summed E-state index contributed by atoms with van der Waals surface area (Å²) < 4.78 is 22.8. The maximum absolute atomic E-state index is 12.0. The highest BCUT2D eigenvalue weighted by Gasteiger charge is 2.43. The smallest absolute Gasteiger partial charge is 0.333 e. The van der Waals surface area contributed by atoms with Gasteiger partial charge in [0.1, 0.15) is 0 Å². The van der Waals surface area contributed by atoms with Crippen molar-refractivity contribution in [2.75, 3.05) is 11.1 Å². The minimum atomic E-state index is -4.64. The van der Waals surface area contributed by atoms with Gasteiger partial charge in [0.05, 0.1) is 23.1 Å². The van der Waals surface area contributed by atoms with Crippen LogP contribution in [0.4, 0.5) is 11.4 Å². The largest absolute Gasteiger partial charge is 0.466 e. The molecular formula is C18H23Br2NO7P2S. The van der Waals surface area contributed by atoms with E-state index in [0.29, 0.717) is 12.8 Å². The van der Waals surface area contributed by atoms with Gasteiger partial charge in [-0.3, -0.25) is 4.57 Å². The Balaban J connectivity index is 0.000000614. The second-order valence-electron chi connectivity index (χ2n) is 6.93. The summed E-state index contributed by atoms with van der Waals surface area (Å²) in [5.74, 6) is 0. The first-order chi connectivity index (χ1) is 14.2. The molecule has 0 amide bonds. The van der Waals surface area contributed by atoms with Crippen molar-refractivity contribution < 1.29 is 33.6 Å². The maximum Gasteiger partial charge on any atom is 0.466 e. The number of halogens is 2. The van der Waals surface area contributed by atoms with Gasteiger partial charge in [-0.05, 0) is 49.2 Å². The van der Waals surface area contributed by atoms with Crippen LogP contribution in [0.5, 0.6) is 0 Å². The average Bonchev–Trinajstić information content (AvgIpc) is 2.62. The first kappa shape index (κ1) is 27.1. The summed E-state index contributed by atoms with van der Waals surface area (Å²) in [7, 11) is -8.84. The third kappa shape index (κ3) is 7.40. The molecule has 0 bridgehead atoms. The highest BCUT2D eigenvalue weighted by molar-refractivity contribution is 9.10. The van der Waals surface area contributed by atoms with Gasteiger partial charge in [0, 0.05) is 18.7 Å². The molecule has 0 atom stereocenters. The van der Waals surface area contributed by atoms with Gasteiger partial charge in [0.15, 0.2) is 0 Å². The summed E-state index contributed by atoms with van der Waals surface area (Å²) in [5.41, 5.74) is 1.32. The molecule has 1 aliphatic rings. The first-order valence-corrected chi connectivity index (χ1v) is 14.9. The van der Waals surface area contributed by atoms with Gasteiger partial charge < -0.3 is 29.4 Å². The van der Waals surface area contributed by atoms with Gasteiger partial charge in [-0.15, -0.1) is 0 Å². The monoisotopic (exact) mass is 617 g/mol. The third-order valence-electron chi connectivity index (χ3n) is 4.84. The molecule has 2 aromatic carbocycles. The average molecular weight is 619 g/mol. The molecular weight excluding hydrogens is 596 g/mol. The lowest BCUT2D eigenvalue weighted by Crippen LogP contribution is -2.49. The molecule has 172 valence electrons. The highest BCUT2D eigenvalue weighted by Crippen LogP contribution is 2.55. The van der Waals surface area contributed by atoms with Crippen molar-refractivity contribution in [3.8, 4) is 0 Å². The Kier molecular flexibility index (Phi) is 9.06. The van der Waals surface area contributed by atoms with Crippen LogP contribution in [-0.2, 0) is 9.13 Å². The molecule has 3 rings (SSSR count). The molecule has 0 aromatic heterocycles. The lowest BCUT2D eigenvalue weighted by Gasteiger charge is -2.47. The number of anilines is 2. The van der Waals surface area contributed by atoms with E-state index in [2.05, 4.69) is 48.9 Å². The number of phosphoric acid groups is 1. The fraction of sp³-hybridized carbons (Fsp3) is 0.333. The summed E-state index contributed by atoms with van der Waals surface area (Å²) >= 11 is 8.74. The number of hydrogen-bond acceptors (Lipinski definition) is 4. The number of rotatable bonds is 5. The van der Waals surface area contributed by atoms with E-state index in [9.17, 15) is 14.4 Å². The normalized spacial score (nSPS) is 13.8. The van der Waals surface area contributed by atoms with Crippen LogP contribution in [0.3, 0.4) is 0 Å². The number of hydrogen-bond donors (Lipinski definition) is 5. The predicted molar refractivity (Wildman–Crippen MR) is 129 cm³/mol. The Morgan fingerprint density at radius 2 is 1.26 bits per heavy atom. The predicted octanol–water partition coefficient (Wildman–Crippen LogP) is 5.62. The SMILES string of the molecule is CCC(CC)(CP(=O)(O)O)N1c2ccc(Br)cc2Sc2cc(Br)ccc21.O=P(O)(O)O. The fourth-order valence-electron chi connectivity index (χ4n) is 3.51. The van der Waals surface area contributed by atoms with E-state index in [-0.39, 0.29) is 6.16 Å². The topological polar surface area (TPSA) is 139 Å². The Labute approximate surface area is 201 Å². The summed E-state index contributed by atoms with van der Waals surface area (Å²) in [6.45, 7) is 4.00. The van der Waals surface area contributed by atoms with Gasteiger partial charge in [-0.25, -0.2) is 4.57 Å². The minimum Gasteiger partial charge on any atom is -0.333 e. The second-order valence-corrected chi connectivity index (χ2v) is 12.5. The molecule has 8 nitrogen and oxygen atoms in total. The maximum atomic E-state index is 12.0. The van der Waals surface area contributed by atoms with Crippen molar-refractivity contribution in [2.24, 2.45) is 0 Å². The Morgan fingerprint density at radius 1 is 0.871 bits per heavy atom. The Morgan fingerprint density at radius 3 is 1.58 bits per heavy atom. The summed E-state index contributed by atoms with van der Waals surface area (Å²) in [4.78, 5) is 45.4. The van der Waals surface area contributed by atoms with Crippen LogP contribution in [0, 0.1) is 0 Å². The molecule has 13 heteroatoms. The zero-order valence-corrected chi connectivity index (χ0v) is 22.4. The quantitative estimate of drug-likeness (QED) is 0.270. The zero-order valence-electron chi connectivity index (χ0n) is 16.6.